The Bertz CT molecular complexity index is 1430. The van der Waals surface area contributed by atoms with E-state index in [4.69, 9.17) is 5.73 Å². The van der Waals surface area contributed by atoms with Gasteiger partial charge in [-0.2, -0.15) is 0 Å². The molecule has 1 fully saturated rings. The summed E-state index contributed by atoms with van der Waals surface area (Å²) < 4.78 is 14.9. The average Bonchev–Trinajstić information content (AvgIpc) is 3.39. The van der Waals surface area contributed by atoms with Gasteiger partial charge in [-0.3, -0.25) is 19.4 Å². The summed E-state index contributed by atoms with van der Waals surface area (Å²) in [5.41, 5.74) is 7.87. The molecule has 0 spiro atoms. The van der Waals surface area contributed by atoms with E-state index >= 15 is 0 Å². The molecule has 0 bridgehead atoms. The largest absolute Gasteiger partial charge is 0.382 e. The Morgan fingerprint density at radius 1 is 0.946 bits per heavy atom. The van der Waals surface area contributed by atoms with Crippen LogP contribution >= 0.6 is 0 Å². The number of fused-ring (bicyclic) bond motifs is 1. The van der Waals surface area contributed by atoms with Gasteiger partial charge in [0.05, 0.1) is 18.1 Å². The van der Waals surface area contributed by atoms with Crippen LogP contribution in [-0.2, 0) is 16.0 Å². The van der Waals surface area contributed by atoms with Crippen LogP contribution in [0.2, 0.25) is 0 Å². The molecule has 1 aliphatic heterocycles. The molecule has 0 saturated carbocycles. The van der Waals surface area contributed by atoms with Gasteiger partial charge in [-0.25, -0.2) is 14.4 Å². The summed E-state index contributed by atoms with van der Waals surface area (Å²) >= 11 is 0. The van der Waals surface area contributed by atoms with Gasteiger partial charge in [0, 0.05) is 49.1 Å². The van der Waals surface area contributed by atoms with E-state index in [9.17, 15) is 18.8 Å². The van der Waals surface area contributed by atoms with Crippen molar-refractivity contribution < 1.29 is 18.8 Å². The number of carbonyl (C=O) groups excluding carboxylic acids is 3. The maximum absolute atomic E-state index is 14.9. The molecule has 1 aromatic carbocycles. The number of carbonyl (C=O) groups is 3. The molecule has 0 radical (unpaired) electrons. The highest BCUT2D eigenvalue weighted by Gasteiger charge is 2.34. The molecular weight excluding hydrogens is 475 g/mol. The van der Waals surface area contributed by atoms with Crippen LogP contribution in [0.5, 0.6) is 0 Å². The molecule has 3 aromatic rings. The van der Waals surface area contributed by atoms with Crippen molar-refractivity contribution >= 4 is 34.7 Å². The standard InChI is InChI=1S/C27H23FN6O3/c28-21-16-31-23(25(29)32-18-7-4-10-30-15-18)19-8-9-20(22(19)21)24(35)27(37)34-13-11-33(12-14-34)26(36)17-5-2-1-3-6-17/h1-7,9-10,15-16H,8,11-14H2,(H2,29,32). The van der Waals surface area contributed by atoms with Crippen molar-refractivity contribution in [3.8, 4) is 0 Å². The lowest BCUT2D eigenvalue weighted by atomic mass is 10.00. The van der Waals surface area contributed by atoms with Crippen molar-refractivity contribution in [3.63, 3.8) is 0 Å². The summed E-state index contributed by atoms with van der Waals surface area (Å²) in [6.45, 7) is 1.01. The van der Waals surface area contributed by atoms with Gasteiger partial charge in [0.1, 0.15) is 17.3 Å². The molecule has 1 saturated heterocycles. The number of hydrogen-bond acceptors (Lipinski definition) is 6. The number of aromatic nitrogens is 2. The summed E-state index contributed by atoms with van der Waals surface area (Å²) in [5.74, 6) is -2.33. The SMILES string of the molecule is NC(=Nc1cccnc1)c1ncc(F)c2c1CC=C2C(=O)C(=O)N1CCN(C(=O)c2ccccc2)CC1. The third-order valence-corrected chi connectivity index (χ3v) is 6.36. The molecule has 0 unspecified atom stereocenters. The monoisotopic (exact) mass is 498 g/mol. The van der Waals surface area contributed by atoms with Gasteiger partial charge in [0.25, 0.3) is 17.6 Å². The van der Waals surface area contributed by atoms with Crippen LogP contribution in [0.4, 0.5) is 10.1 Å². The zero-order chi connectivity index (χ0) is 25.9. The Balaban J connectivity index is 1.31. The van der Waals surface area contributed by atoms with Crippen molar-refractivity contribution in [2.24, 2.45) is 10.7 Å². The first kappa shape index (κ1) is 24.0. The lowest BCUT2D eigenvalue weighted by Crippen LogP contribution is -2.52. The van der Waals surface area contributed by atoms with Gasteiger partial charge >= 0.3 is 0 Å². The van der Waals surface area contributed by atoms with Crippen LogP contribution in [0.15, 0.2) is 72.1 Å². The summed E-state index contributed by atoms with van der Waals surface area (Å²) in [7, 11) is 0. The van der Waals surface area contributed by atoms with Gasteiger partial charge in [0.2, 0.25) is 0 Å². The summed E-state index contributed by atoms with van der Waals surface area (Å²) in [6, 6.07) is 12.3. The summed E-state index contributed by atoms with van der Waals surface area (Å²) in [4.78, 5) is 54.3. The molecule has 9 nitrogen and oxygen atoms in total. The number of benzene rings is 1. The first-order chi connectivity index (χ1) is 17.9. The minimum absolute atomic E-state index is 0.0156. The predicted octanol–water partition coefficient (Wildman–Crippen LogP) is 2.15. The van der Waals surface area contributed by atoms with Gasteiger partial charge < -0.3 is 15.5 Å². The van der Waals surface area contributed by atoms with Gasteiger partial charge in [0.15, 0.2) is 0 Å². The molecule has 5 rings (SSSR count). The van der Waals surface area contributed by atoms with E-state index < -0.39 is 17.5 Å². The fourth-order valence-corrected chi connectivity index (χ4v) is 4.50. The van der Waals surface area contributed by atoms with Crippen molar-refractivity contribution in [2.45, 2.75) is 6.42 Å². The molecule has 2 aromatic heterocycles. The molecule has 2 aliphatic rings. The van der Waals surface area contributed by atoms with Crippen LogP contribution in [-0.4, -0.2) is 69.4 Å². The van der Waals surface area contributed by atoms with Crippen LogP contribution in [0.25, 0.3) is 5.57 Å². The Morgan fingerprint density at radius 2 is 1.68 bits per heavy atom. The second kappa shape index (κ2) is 10.1. The zero-order valence-corrected chi connectivity index (χ0v) is 19.8. The second-order valence-corrected chi connectivity index (χ2v) is 8.62. The van der Waals surface area contributed by atoms with E-state index in [1.807, 2.05) is 6.07 Å². The molecule has 0 atom stereocenters. The molecule has 10 heteroatoms. The number of ketones is 1. The molecule has 186 valence electrons. The highest BCUT2D eigenvalue weighted by molar-refractivity contribution is 6.53. The maximum Gasteiger partial charge on any atom is 0.295 e. The number of aliphatic imine (C=N–C) groups is 1. The van der Waals surface area contributed by atoms with E-state index in [1.165, 1.54) is 17.2 Å². The van der Waals surface area contributed by atoms with E-state index in [2.05, 4.69) is 15.0 Å². The number of amidine groups is 1. The van der Waals surface area contributed by atoms with Crippen LogP contribution < -0.4 is 5.73 Å². The molecule has 2 amide bonds. The van der Waals surface area contributed by atoms with E-state index in [1.54, 1.807) is 47.5 Å². The number of allylic oxidation sites excluding steroid dienone is 1. The van der Waals surface area contributed by atoms with Gasteiger partial charge in [-0.15, -0.1) is 0 Å². The third kappa shape index (κ3) is 4.73. The van der Waals surface area contributed by atoms with Gasteiger partial charge in [-0.05, 0) is 36.2 Å². The van der Waals surface area contributed by atoms with E-state index in [-0.39, 0.29) is 48.1 Å². The summed E-state index contributed by atoms with van der Waals surface area (Å²) in [6.07, 6.45) is 5.81. The highest BCUT2D eigenvalue weighted by atomic mass is 19.1. The number of nitrogens with zero attached hydrogens (tertiary/aromatic N) is 5. The third-order valence-electron chi connectivity index (χ3n) is 6.36. The van der Waals surface area contributed by atoms with Gasteiger partial charge in [-0.1, -0.05) is 24.3 Å². The molecule has 2 N–H and O–H groups in total. The number of piperazine rings is 1. The number of amides is 2. The summed E-state index contributed by atoms with van der Waals surface area (Å²) in [5, 5.41) is 0. The quantitative estimate of drug-likeness (QED) is 0.327. The smallest absolute Gasteiger partial charge is 0.295 e. The lowest BCUT2D eigenvalue weighted by molar-refractivity contribution is -0.142. The van der Waals surface area contributed by atoms with Crippen molar-refractivity contribution in [1.82, 2.24) is 19.8 Å². The van der Waals surface area contributed by atoms with Crippen LogP contribution in [0, 0.1) is 5.82 Å². The number of pyridine rings is 2. The number of rotatable bonds is 5. The lowest BCUT2D eigenvalue weighted by Gasteiger charge is -2.34. The highest BCUT2D eigenvalue weighted by Crippen LogP contribution is 2.33. The van der Waals surface area contributed by atoms with E-state index in [0.29, 0.717) is 29.9 Å². The first-order valence-electron chi connectivity index (χ1n) is 11.7. The Morgan fingerprint density at radius 3 is 2.38 bits per heavy atom. The topological polar surface area (TPSA) is 122 Å². The number of nitrogens with two attached hydrogens (primary N) is 1. The number of Topliss-reactive ketones (excluding diaryl/α,β-unsaturated/α-hetero) is 1. The average molecular weight is 499 g/mol. The van der Waals surface area contributed by atoms with Crippen LogP contribution in [0.3, 0.4) is 0 Å². The van der Waals surface area contributed by atoms with Crippen molar-refractivity contribution in [3.05, 3.63) is 95.3 Å². The first-order valence-corrected chi connectivity index (χ1v) is 11.7. The minimum atomic E-state index is -0.805. The fourth-order valence-electron chi connectivity index (χ4n) is 4.50. The van der Waals surface area contributed by atoms with Crippen molar-refractivity contribution in [2.75, 3.05) is 26.2 Å². The van der Waals surface area contributed by atoms with E-state index in [0.717, 1.165) is 6.20 Å². The zero-order valence-electron chi connectivity index (χ0n) is 19.8. The maximum atomic E-state index is 14.9. The molecule has 3 heterocycles. The molecule has 1 aliphatic carbocycles. The Kier molecular flexibility index (Phi) is 6.55. The fraction of sp³-hybridized carbons (Fsp3) is 0.185. The second-order valence-electron chi connectivity index (χ2n) is 8.62. The Labute approximate surface area is 212 Å². The number of halogens is 1. The molecule has 37 heavy (non-hydrogen) atoms. The minimum Gasteiger partial charge on any atom is -0.382 e. The van der Waals surface area contributed by atoms with Crippen molar-refractivity contribution in [1.29, 1.82) is 0 Å². The normalized spacial score (nSPS) is 15.3. The predicted molar refractivity (Wildman–Crippen MR) is 134 cm³/mol. The van der Waals surface area contributed by atoms with Crippen LogP contribution in [0.1, 0.15) is 27.2 Å². The number of hydrogen-bond donors (Lipinski definition) is 1. The Hall–Kier alpha value is -4.73. The molecular formula is C27H23FN6O3.